The van der Waals surface area contributed by atoms with Crippen LogP contribution in [0.2, 0.25) is 0 Å². The predicted molar refractivity (Wildman–Crippen MR) is 77.0 cm³/mol. The zero-order valence-corrected chi connectivity index (χ0v) is 11.8. The fourth-order valence-corrected chi connectivity index (χ4v) is 2.00. The predicted octanol–water partition coefficient (Wildman–Crippen LogP) is 3.47. The Balaban J connectivity index is 2.11. The standard InChI is InChI=1S/C16H21NO2/c1-16(2,19-3)11-10-15(18)14-9-8-12-6-4-5-7-13(12)17-14/h4-9,15,18H,10-11H2,1-3H3. The van der Waals surface area contributed by atoms with Crippen LogP contribution in [-0.2, 0) is 4.74 Å². The minimum absolute atomic E-state index is 0.210. The van der Waals surface area contributed by atoms with Crippen molar-refractivity contribution >= 4 is 10.9 Å². The van der Waals surface area contributed by atoms with Crippen molar-refractivity contribution in [1.29, 1.82) is 0 Å². The van der Waals surface area contributed by atoms with Gasteiger partial charge < -0.3 is 9.84 Å². The first-order chi connectivity index (χ1) is 9.02. The Kier molecular flexibility index (Phi) is 4.17. The molecule has 0 aliphatic carbocycles. The van der Waals surface area contributed by atoms with Crippen LogP contribution in [0.3, 0.4) is 0 Å². The van der Waals surface area contributed by atoms with Crippen LogP contribution >= 0.6 is 0 Å². The fourth-order valence-electron chi connectivity index (χ4n) is 2.00. The van der Waals surface area contributed by atoms with Gasteiger partial charge in [0.1, 0.15) is 0 Å². The van der Waals surface area contributed by atoms with E-state index in [2.05, 4.69) is 4.98 Å². The molecule has 1 aromatic carbocycles. The number of para-hydroxylation sites is 1. The molecule has 0 bridgehead atoms. The number of pyridine rings is 1. The maximum absolute atomic E-state index is 10.2. The van der Waals surface area contributed by atoms with Gasteiger partial charge in [0.05, 0.1) is 22.9 Å². The van der Waals surface area contributed by atoms with Crippen LogP contribution in [0.5, 0.6) is 0 Å². The summed E-state index contributed by atoms with van der Waals surface area (Å²) in [4.78, 5) is 4.51. The molecule has 1 N–H and O–H groups in total. The lowest BCUT2D eigenvalue weighted by Crippen LogP contribution is -2.23. The van der Waals surface area contributed by atoms with Gasteiger partial charge in [0.2, 0.25) is 0 Å². The third-order valence-electron chi connectivity index (χ3n) is 3.53. The number of methoxy groups -OCH3 is 1. The van der Waals surface area contributed by atoms with Crippen molar-refractivity contribution in [3.8, 4) is 0 Å². The molecule has 2 rings (SSSR count). The summed E-state index contributed by atoms with van der Waals surface area (Å²) in [5.41, 5.74) is 1.44. The van der Waals surface area contributed by atoms with Gasteiger partial charge in [0, 0.05) is 12.5 Å². The van der Waals surface area contributed by atoms with E-state index in [9.17, 15) is 5.11 Å². The molecule has 3 heteroatoms. The van der Waals surface area contributed by atoms with Gasteiger partial charge in [-0.2, -0.15) is 0 Å². The third kappa shape index (κ3) is 3.52. The zero-order valence-electron chi connectivity index (χ0n) is 11.8. The number of ether oxygens (including phenoxy) is 1. The van der Waals surface area contributed by atoms with Gasteiger partial charge in [0.25, 0.3) is 0 Å². The maximum Gasteiger partial charge on any atom is 0.0961 e. The smallest absolute Gasteiger partial charge is 0.0961 e. The summed E-state index contributed by atoms with van der Waals surface area (Å²) < 4.78 is 5.36. The van der Waals surface area contributed by atoms with Crippen molar-refractivity contribution in [1.82, 2.24) is 4.98 Å². The molecule has 2 aromatic rings. The molecule has 19 heavy (non-hydrogen) atoms. The van der Waals surface area contributed by atoms with E-state index >= 15 is 0 Å². The normalized spacial score (nSPS) is 13.7. The lowest BCUT2D eigenvalue weighted by molar-refractivity contribution is 0.00244. The summed E-state index contributed by atoms with van der Waals surface area (Å²) in [5, 5.41) is 11.3. The number of aliphatic hydroxyl groups is 1. The summed E-state index contributed by atoms with van der Waals surface area (Å²) in [7, 11) is 1.70. The van der Waals surface area contributed by atoms with Gasteiger partial charge in [0.15, 0.2) is 0 Å². The summed E-state index contributed by atoms with van der Waals surface area (Å²) in [6.45, 7) is 4.04. The Bertz CT molecular complexity index is 551. The molecule has 0 aliphatic rings. The van der Waals surface area contributed by atoms with Crippen molar-refractivity contribution in [3.63, 3.8) is 0 Å². The zero-order chi connectivity index (χ0) is 13.9. The molecule has 0 spiro atoms. The van der Waals surface area contributed by atoms with Crippen LogP contribution in [0, 0.1) is 0 Å². The molecule has 1 atom stereocenters. The highest BCUT2D eigenvalue weighted by atomic mass is 16.5. The van der Waals surface area contributed by atoms with Crippen LogP contribution < -0.4 is 0 Å². The largest absolute Gasteiger partial charge is 0.387 e. The van der Waals surface area contributed by atoms with Gasteiger partial charge in [-0.1, -0.05) is 24.3 Å². The van der Waals surface area contributed by atoms with Gasteiger partial charge in [-0.05, 0) is 38.8 Å². The average molecular weight is 259 g/mol. The molecule has 102 valence electrons. The maximum atomic E-state index is 10.2. The number of benzene rings is 1. The second kappa shape index (κ2) is 5.68. The van der Waals surface area contributed by atoms with E-state index in [-0.39, 0.29) is 5.60 Å². The summed E-state index contributed by atoms with van der Waals surface area (Å²) in [6.07, 6.45) is 0.893. The van der Waals surface area contributed by atoms with Crippen molar-refractivity contribution in [2.45, 2.75) is 38.4 Å². The summed E-state index contributed by atoms with van der Waals surface area (Å²) in [6, 6.07) is 11.8. The van der Waals surface area contributed by atoms with Gasteiger partial charge in [-0.15, -0.1) is 0 Å². The quantitative estimate of drug-likeness (QED) is 0.894. The molecule has 0 aliphatic heterocycles. The molecular formula is C16H21NO2. The lowest BCUT2D eigenvalue weighted by atomic mass is 9.98. The Morgan fingerprint density at radius 2 is 1.95 bits per heavy atom. The van der Waals surface area contributed by atoms with Gasteiger partial charge >= 0.3 is 0 Å². The fraction of sp³-hybridized carbons (Fsp3) is 0.438. The molecule has 0 fully saturated rings. The molecule has 0 saturated carbocycles. The third-order valence-corrected chi connectivity index (χ3v) is 3.53. The highest BCUT2D eigenvalue weighted by molar-refractivity contribution is 5.78. The highest BCUT2D eigenvalue weighted by Gasteiger charge is 2.19. The van der Waals surface area contributed by atoms with E-state index in [0.717, 1.165) is 23.0 Å². The number of aliphatic hydroxyl groups excluding tert-OH is 1. The topological polar surface area (TPSA) is 42.4 Å². The Labute approximate surface area is 114 Å². The van der Waals surface area contributed by atoms with E-state index in [1.54, 1.807) is 7.11 Å². The molecule has 3 nitrogen and oxygen atoms in total. The first kappa shape index (κ1) is 14.0. The lowest BCUT2D eigenvalue weighted by Gasteiger charge is -2.24. The number of rotatable bonds is 5. The summed E-state index contributed by atoms with van der Waals surface area (Å²) >= 11 is 0. The Hall–Kier alpha value is -1.45. The number of fused-ring (bicyclic) bond motifs is 1. The molecule has 1 unspecified atom stereocenters. The second-order valence-electron chi connectivity index (χ2n) is 5.45. The van der Waals surface area contributed by atoms with E-state index < -0.39 is 6.10 Å². The van der Waals surface area contributed by atoms with Gasteiger partial charge in [-0.25, -0.2) is 0 Å². The number of aromatic nitrogens is 1. The van der Waals surface area contributed by atoms with Crippen LogP contribution in [0.15, 0.2) is 36.4 Å². The molecule has 0 saturated heterocycles. The van der Waals surface area contributed by atoms with Gasteiger partial charge in [-0.3, -0.25) is 4.98 Å². The van der Waals surface area contributed by atoms with Crippen molar-refractivity contribution < 1.29 is 9.84 Å². The van der Waals surface area contributed by atoms with E-state index in [0.29, 0.717) is 6.42 Å². The molecule has 1 heterocycles. The van der Waals surface area contributed by atoms with Crippen LogP contribution in [0.25, 0.3) is 10.9 Å². The first-order valence-electron chi connectivity index (χ1n) is 6.61. The van der Waals surface area contributed by atoms with Crippen LogP contribution in [0.4, 0.5) is 0 Å². The van der Waals surface area contributed by atoms with E-state index in [4.69, 9.17) is 4.74 Å². The average Bonchev–Trinajstić information content (AvgIpc) is 2.44. The highest BCUT2D eigenvalue weighted by Crippen LogP contribution is 2.24. The van der Waals surface area contributed by atoms with Crippen LogP contribution in [0.1, 0.15) is 38.5 Å². The Morgan fingerprint density at radius 3 is 2.68 bits per heavy atom. The summed E-state index contributed by atoms with van der Waals surface area (Å²) in [5.74, 6) is 0. The molecule has 1 aromatic heterocycles. The molecule has 0 amide bonds. The first-order valence-corrected chi connectivity index (χ1v) is 6.61. The van der Waals surface area contributed by atoms with E-state index in [1.807, 2.05) is 50.2 Å². The number of hydrogen-bond acceptors (Lipinski definition) is 3. The monoisotopic (exact) mass is 259 g/mol. The molecular weight excluding hydrogens is 238 g/mol. The second-order valence-corrected chi connectivity index (χ2v) is 5.45. The van der Waals surface area contributed by atoms with Crippen molar-refractivity contribution in [2.75, 3.05) is 7.11 Å². The molecule has 0 radical (unpaired) electrons. The minimum atomic E-state index is -0.543. The Morgan fingerprint density at radius 1 is 1.21 bits per heavy atom. The van der Waals surface area contributed by atoms with Crippen molar-refractivity contribution in [3.05, 3.63) is 42.1 Å². The van der Waals surface area contributed by atoms with Crippen molar-refractivity contribution in [2.24, 2.45) is 0 Å². The number of hydrogen-bond donors (Lipinski definition) is 1. The van der Waals surface area contributed by atoms with Crippen LogP contribution in [-0.4, -0.2) is 22.8 Å². The number of nitrogens with zero attached hydrogens (tertiary/aromatic N) is 1. The minimum Gasteiger partial charge on any atom is -0.387 e. The SMILES string of the molecule is COC(C)(C)CCC(O)c1ccc2ccccc2n1. The van der Waals surface area contributed by atoms with E-state index in [1.165, 1.54) is 0 Å².